The molecule has 0 saturated heterocycles. The van der Waals surface area contributed by atoms with Gasteiger partial charge < -0.3 is 0 Å². The van der Waals surface area contributed by atoms with Gasteiger partial charge in [-0.15, -0.1) is 11.6 Å². The van der Waals surface area contributed by atoms with Gasteiger partial charge in [0, 0.05) is 12.4 Å². The first kappa shape index (κ1) is 14.4. The second kappa shape index (κ2) is 5.70. The maximum absolute atomic E-state index is 12.6. The minimum Gasteiger partial charge on any atom is -0.269 e. The molecular weight excluding hydrogens is 306 g/mol. The lowest BCUT2D eigenvalue weighted by molar-refractivity contribution is 0.591. The topological polar surface area (TPSA) is 37.4 Å². The zero-order valence-corrected chi connectivity index (χ0v) is 13.1. The molecule has 0 aliphatic carbocycles. The molecule has 0 N–H and O–H groups in total. The van der Waals surface area contributed by atoms with Crippen molar-refractivity contribution in [2.45, 2.75) is 18.1 Å². The quantitative estimate of drug-likeness (QED) is 0.810. The Balaban J connectivity index is 1.84. The summed E-state index contributed by atoms with van der Waals surface area (Å²) < 4.78 is 26.8. The van der Waals surface area contributed by atoms with Crippen LogP contribution in [0.1, 0.15) is 16.7 Å². The number of hydrogen-bond donors (Lipinski definition) is 0. The van der Waals surface area contributed by atoms with E-state index in [4.69, 9.17) is 11.6 Å². The molecule has 1 aliphatic heterocycles. The number of benzene rings is 2. The Bertz CT molecular complexity index is 741. The van der Waals surface area contributed by atoms with Crippen molar-refractivity contribution < 1.29 is 8.42 Å². The second-order valence-electron chi connectivity index (χ2n) is 5.16. The molecule has 2 aromatic rings. The fraction of sp³-hybridized carbons (Fsp3) is 0.250. The first-order valence-corrected chi connectivity index (χ1v) is 8.96. The van der Waals surface area contributed by atoms with Crippen molar-refractivity contribution in [1.29, 1.82) is 0 Å². The highest BCUT2D eigenvalue weighted by molar-refractivity contribution is 7.92. The molecule has 0 atom stereocenters. The van der Waals surface area contributed by atoms with Gasteiger partial charge in [-0.05, 0) is 29.2 Å². The summed E-state index contributed by atoms with van der Waals surface area (Å²) in [5, 5.41) is 0. The summed E-state index contributed by atoms with van der Waals surface area (Å²) in [5.74, 6) is 0.455. The normalized spacial score (nSPS) is 14.2. The molecule has 0 fully saturated rings. The van der Waals surface area contributed by atoms with Gasteiger partial charge in [-0.2, -0.15) is 0 Å². The van der Waals surface area contributed by atoms with Crippen LogP contribution in [0, 0.1) is 0 Å². The largest absolute Gasteiger partial charge is 0.269 e. The predicted octanol–water partition coefficient (Wildman–Crippen LogP) is 3.32. The summed E-state index contributed by atoms with van der Waals surface area (Å²) in [6.07, 6.45) is 0.778. The summed E-state index contributed by atoms with van der Waals surface area (Å²) in [7, 11) is -3.35. The monoisotopic (exact) mass is 321 g/mol. The molecule has 3 rings (SSSR count). The van der Waals surface area contributed by atoms with Gasteiger partial charge in [0.05, 0.1) is 11.4 Å². The van der Waals surface area contributed by atoms with Crippen LogP contribution in [0.4, 0.5) is 5.69 Å². The van der Waals surface area contributed by atoms with E-state index in [1.165, 1.54) is 4.31 Å². The van der Waals surface area contributed by atoms with Crippen LogP contribution < -0.4 is 4.31 Å². The molecule has 1 aliphatic rings. The summed E-state index contributed by atoms with van der Waals surface area (Å²) in [6.45, 7) is 0.529. The van der Waals surface area contributed by atoms with Crippen molar-refractivity contribution in [2.75, 3.05) is 10.8 Å². The number of sulfonamides is 1. The summed E-state index contributed by atoms with van der Waals surface area (Å²) >= 11 is 5.75. The number of alkyl halides is 1. The lowest BCUT2D eigenvalue weighted by Gasteiger charge is -2.19. The number of nitrogens with zero attached hydrogens (tertiary/aromatic N) is 1. The van der Waals surface area contributed by atoms with Gasteiger partial charge in [-0.1, -0.05) is 42.5 Å². The Hall–Kier alpha value is -1.52. The number of halogens is 1. The van der Waals surface area contributed by atoms with Gasteiger partial charge in [0.25, 0.3) is 0 Å². The Morgan fingerprint density at radius 2 is 1.67 bits per heavy atom. The molecule has 0 aromatic heterocycles. The second-order valence-corrected chi connectivity index (χ2v) is 7.32. The molecular formula is C16H16ClNO2S. The zero-order chi connectivity index (χ0) is 14.9. The van der Waals surface area contributed by atoms with Crippen LogP contribution >= 0.6 is 11.6 Å². The molecule has 0 saturated carbocycles. The highest BCUT2D eigenvalue weighted by atomic mass is 35.5. The van der Waals surface area contributed by atoms with E-state index < -0.39 is 10.0 Å². The van der Waals surface area contributed by atoms with Crippen LogP contribution in [0.5, 0.6) is 0 Å². The molecule has 2 aromatic carbocycles. The van der Waals surface area contributed by atoms with Gasteiger partial charge in [0.2, 0.25) is 10.0 Å². The van der Waals surface area contributed by atoms with Crippen molar-refractivity contribution in [2.24, 2.45) is 0 Å². The molecule has 5 heteroatoms. The fourth-order valence-electron chi connectivity index (χ4n) is 2.61. The van der Waals surface area contributed by atoms with Gasteiger partial charge in [-0.25, -0.2) is 8.42 Å². The first-order chi connectivity index (χ1) is 10.1. The number of fused-ring (bicyclic) bond motifs is 1. The molecule has 0 radical (unpaired) electrons. The van der Waals surface area contributed by atoms with Crippen molar-refractivity contribution >= 4 is 27.3 Å². The highest BCUT2D eigenvalue weighted by Gasteiger charge is 2.28. The molecule has 0 unspecified atom stereocenters. The number of para-hydroxylation sites is 1. The van der Waals surface area contributed by atoms with Crippen molar-refractivity contribution in [1.82, 2.24) is 0 Å². The summed E-state index contributed by atoms with van der Waals surface area (Å²) in [4.78, 5) is 0. The average Bonchev–Trinajstić information content (AvgIpc) is 2.92. The van der Waals surface area contributed by atoms with Crippen molar-refractivity contribution in [3.63, 3.8) is 0 Å². The van der Waals surface area contributed by atoms with Gasteiger partial charge in [0.1, 0.15) is 0 Å². The smallest absolute Gasteiger partial charge is 0.239 e. The maximum Gasteiger partial charge on any atom is 0.239 e. The third-order valence-corrected chi connectivity index (χ3v) is 5.76. The van der Waals surface area contributed by atoms with E-state index >= 15 is 0 Å². The van der Waals surface area contributed by atoms with Crippen LogP contribution in [-0.2, 0) is 28.1 Å². The van der Waals surface area contributed by atoms with Crippen LogP contribution in [-0.4, -0.2) is 15.0 Å². The minimum atomic E-state index is -3.35. The predicted molar refractivity (Wildman–Crippen MR) is 86.1 cm³/mol. The van der Waals surface area contributed by atoms with E-state index in [0.717, 1.165) is 28.8 Å². The van der Waals surface area contributed by atoms with Crippen molar-refractivity contribution in [3.05, 3.63) is 65.2 Å². The van der Waals surface area contributed by atoms with E-state index in [1.54, 1.807) is 0 Å². The maximum atomic E-state index is 12.6. The molecule has 3 nitrogen and oxygen atoms in total. The molecule has 0 spiro atoms. The number of anilines is 1. The van der Waals surface area contributed by atoms with E-state index in [9.17, 15) is 8.42 Å². The third kappa shape index (κ3) is 2.92. The fourth-order valence-corrected chi connectivity index (χ4v) is 4.40. The number of rotatable bonds is 4. The third-order valence-electron chi connectivity index (χ3n) is 3.71. The Labute approximate surface area is 130 Å². The lowest BCUT2D eigenvalue weighted by atomic mass is 10.2. The average molecular weight is 322 g/mol. The molecule has 110 valence electrons. The van der Waals surface area contributed by atoms with Gasteiger partial charge in [0.15, 0.2) is 0 Å². The van der Waals surface area contributed by atoms with Gasteiger partial charge >= 0.3 is 0 Å². The molecule has 1 heterocycles. The van der Waals surface area contributed by atoms with E-state index in [2.05, 4.69) is 0 Å². The lowest BCUT2D eigenvalue weighted by Crippen LogP contribution is -2.30. The summed E-state index contributed by atoms with van der Waals surface area (Å²) in [6, 6.07) is 15.1. The molecule has 0 bridgehead atoms. The minimum absolute atomic E-state index is 0.0178. The highest BCUT2D eigenvalue weighted by Crippen LogP contribution is 2.31. The molecule has 0 amide bonds. The van der Waals surface area contributed by atoms with E-state index in [1.807, 2.05) is 48.5 Å². The van der Waals surface area contributed by atoms with Crippen LogP contribution in [0.25, 0.3) is 0 Å². The van der Waals surface area contributed by atoms with Crippen LogP contribution in [0.3, 0.4) is 0 Å². The number of hydrogen-bond acceptors (Lipinski definition) is 2. The van der Waals surface area contributed by atoms with E-state index in [-0.39, 0.29) is 5.75 Å². The molecule has 21 heavy (non-hydrogen) atoms. The Morgan fingerprint density at radius 1 is 1.00 bits per heavy atom. The zero-order valence-electron chi connectivity index (χ0n) is 11.5. The van der Waals surface area contributed by atoms with Crippen LogP contribution in [0.15, 0.2) is 48.5 Å². The standard InChI is InChI=1S/C16H16ClNO2S/c17-11-13-5-7-14(8-6-13)12-21(19,20)18-10-9-15-3-1-2-4-16(15)18/h1-8H,9-12H2. The van der Waals surface area contributed by atoms with Crippen LogP contribution in [0.2, 0.25) is 0 Å². The van der Waals surface area contributed by atoms with Gasteiger partial charge in [-0.3, -0.25) is 4.31 Å². The Morgan fingerprint density at radius 3 is 2.38 bits per heavy atom. The summed E-state index contributed by atoms with van der Waals surface area (Å²) in [5.41, 5.74) is 3.69. The Kier molecular flexibility index (Phi) is 3.91. The first-order valence-electron chi connectivity index (χ1n) is 6.82. The van der Waals surface area contributed by atoms with E-state index in [0.29, 0.717) is 12.4 Å². The van der Waals surface area contributed by atoms with Crippen molar-refractivity contribution in [3.8, 4) is 0 Å². The SMILES string of the molecule is O=S(=O)(Cc1ccc(CCl)cc1)N1CCc2ccccc21.